The lowest BCUT2D eigenvalue weighted by molar-refractivity contribution is -0.274. The van der Waals surface area contributed by atoms with Gasteiger partial charge in [0.25, 0.3) is 0 Å². The molecule has 4 nitrogen and oxygen atoms in total. The van der Waals surface area contributed by atoms with Crippen LogP contribution < -0.4 is 4.74 Å². The van der Waals surface area contributed by atoms with Gasteiger partial charge in [0.2, 0.25) is 0 Å². The Kier molecular flexibility index (Phi) is 3.69. The highest BCUT2D eigenvalue weighted by Crippen LogP contribution is 2.52. The van der Waals surface area contributed by atoms with Gasteiger partial charge in [0.15, 0.2) is 0 Å². The minimum absolute atomic E-state index is 0.00100. The lowest BCUT2D eigenvalue weighted by Crippen LogP contribution is -2.56. The van der Waals surface area contributed by atoms with E-state index in [4.69, 9.17) is 5.11 Å². The number of carboxylic acid groups (broad SMARTS) is 1. The Balaban J connectivity index is 1.71. The minimum atomic E-state index is -4.70. The summed E-state index contributed by atoms with van der Waals surface area (Å²) in [7, 11) is 0. The monoisotopic (exact) mass is 329 g/mol. The van der Waals surface area contributed by atoms with Crippen LogP contribution in [0.5, 0.6) is 5.75 Å². The fourth-order valence-electron chi connectivity index (χ4n) is 3.78. The molecule has 1 heterocycles. The summed E-state index contributed by atoms with van der Waals surface area (Å²) < 4.78 is 41.4. The summed E-state index contributed by atoms with van der Waals surface area (Å²) in [6.07, 6.45) is -3.02. The van der Waals surface area contributed by atoms with Crippen molar-refractivity contribution in [1.29, 1.82) is 0 Å². The number of amides is 1. The Morgan fingerprint density at radius 2 is 2.09 bits per heavy atom. The maximum Gasteiger partial charge on any atom is 0.573 e. The van der Waals surface area contributed by atoms with Crippen molar-refractivity contribution in [1.82, 2.24) is 4.90 Å². The average molecular weight is 329 g/mol. The normalized spacial score (nSPS) is 23.0. The first-order chi connectivity index (χ1) is 10.7. The van der Waals surface area contributed by atoms with Crippen LogP contribution in [0.4, 0.5) is 18.0 Å². The van der Waals surface area contributed by atoms with Crippen LogP contribution in [0, 0.1) is 12.3 Å². The third-order valence-corrected chi connectivity index (χ3v) is 4.93. The lowest BCUT2D eigenvalue weighted by atomic mass is 9.77. The maximum absolute atomic E-state index is 12.5. The predicted octanol–water partition coefficient (Wildman–Crippen LogP) is 4.14. The van der Waals surface area contributed by atoms with Gasteiger partial charge in [-0.1, -0.05) is 12.1 Å². The third kappa shape index (κ3) is 3.23. The van der Waals surface area contributed by atoms with E-state index in [9.17, 15) is 18.0 Å². The van der Waals surface area contributed by atoms with Gasteiger partial charge >= 0.3 is 12.5 Å². The van der Waals surface area contributed by atoms with Crippen molar-refractivity contribution in [2.24, 2.45) is 5.41 Å². The van der Waals surface area contributed by atoms with Crippen LogP contribution in [0.3, 0.4) is 0 Å². The molecule has 1 amide bonds. The summed E-state index contributed by atoms with van der Waals surface area (Å²) in [5.74, 6) is -0.00106. The van der Waals surface area contributed by atoms with Crippen molar-refractivity contribution in [3.63, 3.8) is 0 Å². The van der Waals surface area contributed by atoms with Crippen LogP contribution >= 0.6 is 0 Å². The summed E-state index contributed by atoms with van der Waals surface area (Å²) in [5.41, 5.74) is 1.28. The van der Waals surface area contributed by atoms with Crippen molar-refractivity contribution in [3.8, 4) is 5.75 Å². The summed E-state index contributed by atoms with van der Waals surface area (Å²) >= 11 is 0. The molecule has 1 aromatic rings. The zero-order chi connectivity index (χ0) is 16.8. The Bertz CT molecular complexity index is 623. The molecule has 0 aromatic heterocycles. The van der Waals surface area contributed by atoms with Gasteiger partial charge in [0.05, 0.1) is 0 Å². The number of nitrogens with zero attached hydrogens (tertiary/aromatic N) is 1. The SMILES string of the molecule is Cc1ccc(C2CCC3(C2)CN(C(=O)O)C3)cc1OC(F)(F)F. The zero-order valence-corrected chi connectivity index (χ0v) is 12.7. The lowest BCUT2D eigenvalue weighted by Gasteiger charge is -2.46. The van der Waals surface area contributed by atoms with Crippen molar-refractivity contribution >= 4 is 6.09 Å². The van der Waals surface area contributed by atoms with Gasteiger partial charge in [0.1, 0.15) is 5.75 Å². The third-order valence-electron chi connectivity index (χ3n) is 4.93. The zero-order valence-electron chi connectivity index (χ0n) is 12.7. The quantitative estimate of drug-likeness (QED) is 0.887. The number of hydrogen-bond acceptors (Lipinski definition) is 2. The Morgan fingerprint density at radius 3 is 2.70 bits per heavy atom. The molecular weight excluding hydrogens is 311 g/mol. The van der Waals surface area contributed by atoms with Crippen LogP contribution in [-0.2, 0) is 0 Å². The minimum Gasteiger partial charge on any atom is -0.465 e. The van der Waals surface area contributed by atoms with Crippen LogP contribution in [0.15, 0.2) is 18.2 Å². The number of benzene rings is 1. The van der Waals surface area contributed by atoms with E-state index in [1.807, 2.05) is 6.07 Å². The number of halogens is 3. The summed E-state index contributed by atoms with van der Waals surface area (Å²) in [6, 6.07) is 4.96. The van der Waals surface area contributed by atoms with Crippen molar-refractivity contribution in [2.75, 3.05) is 13.1 Å². The fraction of sp³-hybridized carbons (Fsp3) is 0.562. The molecule has 2 fully saturated rings. The molecule has 1 aliphatic carbocycles. The smallest absolute Gasteiger partial charge is 0.465 e. The molecule has 1 unspecified atom stereocenters. The topological polar surface area (TPSA) is 49.8 Å². The number of ether oxygens (including phenoxy) is 1. The molecule has 126 valence electrons. The van der Waals surface area contributed by atoms with Gasteiger partial charge in [-0.25, -0.2) is 4.79 Å². The number of rotatable bonds is 2. The molecule has 1 N–H and O–H groups in total. The Morgan fingerprint density at radius 1 is 1.39 bits per heavy atom. The second-order valence-electron chi connectivity index (χ2n) is 6.65. The molecule has 1 spiro atoms. The number of alkyl halides is 3. The summed E-state index contributed by atoms with van der Waals surface area (Å²) in [6.45, 7) is 2.63. The molecule has 3 rings (SSSR count). The number of hydrogen-bond donors (Lipinski definition) is 1. The van der Waals surface area contributed by atoms with E-state index in [0.717, 1.165) is 24.8 Å². The van der Waals surface area contributed by atoms with E-state index in [2.05, 4.69) is 4.74 Å². The average Bonchev–Trinajstić information content (AvgIpc) is 2.83. The molecule has 1 atom stereocenters. The highest BCUT2D eigenvalue weighted by molar-refractivity contribution is 5.66. The number of aryl methyl sites for hydroxylation is 1. The van der Waals surface area contributed by atoms with Gasteiger partial charge in [0, 0.05) is 18.5 Å². The Hall–Kier alpha value is -1.92. The van der Waals surface area contributed by atoms with Crippen LogP contribution in [-0.4, -0.2) is 35.6 Å². The van der Waals surface area contributed by atoms with Crippen molar-refractivity contribution in [3.05, 3.63) is 29.3 Å². The molecule has 2 aliphatic rings. The van der Waals surface area contributed by atoms with E-state index in [1.165, 1.54) is 11.0 Å². The molecule has 1 saturated heterocycles. The molecule has 0 bridgehead atoms. The molecule has 0 radical (unpaired) electrons. The van der Waals surface area contributed by atoms with Gasteiger partial charge < -0.3 is 14.7 Å². The van der Waals surface area contributed by atoms with Crippen LogP contribution in [0.1, 0.15) is 36.3 Å². The largest absolute Gasteiger partial charge is 0.573 e. The van der Waals surface area contributed by atoms with Gasteiger partial charge in [-0.15, -0.1) is 13.2 Å². The van der Waals surface area contributed by atoms with E-state index in [-0.39, 0.29) is 17.1 Å². The predicted molar refractivity (Wildman–Crippen MR) is 76.5 cm³/mol. The standard InChI is InChI=1S/C16H18F3NO3/c1-10-2-3-11(6-13(10)23-16(17,18)19)12-4-5-15(7-12)8-20(9-15)14(21)22/h2-3,6,12H,4-5,7-9H2,1H3,(H,21,22). The Labute approximate surface area is 131 Å². The summed E-state index contributed by atoms with van der Waals surface area (Å²) in [4.78, 5) is 12.3. The van der Waals surface area contributed by atoms with Gasteiger partial charge in [-0.05, 0) is 49.3 Å². The van der Waals surface area contributed by atoms with Crippen LogP contribution in [0.2, 0.25) is 0 Å². The van der Waals surface area contributed by atoms with E-state index < -0.39 is 12.5 Å². The van der Waals surface area contributed by atoms with Gasteiger partial charge in [-0.3, -0.25) is 0 Å². The molecule has 1 aromatic carbocycles. The van der Waals surface area contributed by atoms with Crippen LogP contribution in [0.25, 0.3) is 0 Å². The van der Waals surface area contributed by atoms with E-state index in [0.29, 0.717) is 18.7 Å². The maximum atomic E-state index is 12.5. The fourth-order valence-corrected chi connectivity index (χ4v) is 3.78. The summed E-state index contributed by atoms with van der Waals surface area (Å²) in [5, 5.41) is 8.94. The van der Waals surface area contributed by atoms with Gasteiger partial charge in [-0.2, -0.15) is 0 Å². The first kappa shape index (κ1) is 16.0. The second kappa shape index (κ2) is 5.32. The highest BCUT2D eigenvalue weighted by Gasteiger charge is 2.50. The number of carbonyl (C=O) groups is 1. The van der Waals surface area contributed by atoms with E-state index in [1.54, 1.807) is 13.0 Å². The molecule has 23 heavy (non-hydrogen) atoms. The molecule has 1 aliphatic heterocycles. The van der Waals surface area contributed by atoms with E-state index >= 15 is 0 Å². The molecule has 1 saturated carbocycles. The number of likely N-dealkylation sites (tertiary alicyclic amines) is 1. The second-order valence-corrected chi connectivity index (χ2v) is 6.65. The first-order valence-electron chi connectivity index (χ1n) is 7.52. The van der Waals surface area contributed by atoms with Crippen molar-refractivity contribution in [2.45, 2.75) is 38.5 Å². The van der Waals surface area contributed by atoms with Crippen molar-refractivity contribution < 1.29 is 27.8 Å². The first-order valence-corrected chi connectivity index (χ1v) is 7.52. The highest BCUT2D eigenvalue weighted by atomic mass is 19.4. The molecule has 7 heteroatoms. The molecular formula is C16H18F3NO3.